The summed E-state index contributed by atoms with van der Waals surface area (Å²) in [5.41, 5.74) is 12.4. The number of carbonyl (C=O) groups excluding carboxylic acids is 1. The summed E-state index contributed by atoms with van der Waals surface area (Å²) in [4.78, 5) is 11.1. The average Bonchev–Trinajstić information content (AvgIpc) is 2.41. The van der Waals surface area contributed by atoms with Gasteiger partial charge in [-0.2, -0.15) is 0 Å². The van der Waals surface area contributed by atoms with Crippen LogP contribution in [0.2, 0.25) is 5.02 Å². The van der Waals surface area contributed by atoms with Gasteiger partial charge in [0.05, 0.1) is 5.02 Å². The number of carbonyl (C=O) groups is 1. The molecule has 2 aromatic rings. The SMILES string of the molecule is CC(C)(N)Cc1ccc(Oc2ccc(C(N)=O)cc2Cl)cc1. The molecule has 0 atom stereocenters. The topological polar surface area (TPSA) is 78.3 Å². The number of amides is 1. The first-order chi connectivity index (χ1) is 10.2. The second-order valence-corrected chi connectivity index (χ2v) is 6.33. The van der Waals surface area contributed by atoms with Crippen molar-refractivity contribution in [3.8, 4) is 11.5 Å². The Labute approximate surface area is 135 Å². The summed E-state index contributed by atoms with van der Waals surface area (Å²) in [5, 5.41) is 0.337. The van der Waals surface area contributed by atoms with E-state index in [1.807, 2.05) is 38.1 Å². The van der Waals surface area contributed by atoms with E-state index in [2.05, 4.69) is 0 Å². The molecule has 0 unspecified atom stereocenters. The standard InChI is InChI=1S/C17H19ClN2O2/c1-17(2,20)10-11-3-6-13(7-4-11)22-15-8-5-12(16(19)21)9-14(15)18/h3-9H,10,20H2,1-2H3,(H2,19,21). The van der Waals surface area contributed by atoms with Crippen LogP contribution in [0.15, 0.2) is 42.5 Å². The third-order valence-corrected chi connectivity index (χ3v) is 3.32. The van der Waals surface area contributed by atoms with Crippen molar-refractivity contribution in [2.24, 2.45) is 11.5 Å². The van der Waals surface area contributed by atoms with Gasteiger partial charge in [-0.15, -0.1) is 0 Å². The number of nitrogens with two attached hydrogens (primary N) is 2. The minimum atomic E-state index is -0.526. The highest BCUT2D eigenvalue weighted by Gasteiger charge is 2.12. The predicted molar refractivity (Wildman–Crippen MR) is 88.5 cm³/mol. The van der Waals surface area contributed by atoms with E-state index in [9.17, 15) is 4.79 Å². The molecule has 4 N–H and O–H groups in total. The maximum atomic E-state index is 11.1. The van der Waals surface area contributed by atoms with Gasteiger partial charge in [0, 0.05) is 11.1 Å². The Morgan fingerprint density at radius 2 is 1.82 bits per heavy atom. The zero-order valence-electron chi connectivity index (χ0n) is 12.6. The van der Waals surface area contributed by atoms with Crippen molar-refractivity contribution in [3.05, 3.63) is 58.6 Å². The summed E-state index contributed by atoms with van der Waals surface area (Å²) in [6, 6.07) is 12.3. The molecule has 0 heterocycles. The highest BCUT2D eigenvalue weighted by atomic mass is 35.5. The molecule has 0 fully saturated rings. The van der Waals surface area contributed by atoms with Crippen LogP contribution in [0.3, 0.4) is 0 Å². The molecule has 2 aromatic carbocycles. The minimum absolute atomic E-state index is 0.254. The predicted octanol–water partition coefficient (Wildman–Crippen LogP) is 3.51. The number of halogens is 1. The quantitative estimate of drug-likeness (QED) is 0.885. The van der Waals surface area contributed by atoms with E-state index < -0.39 is 5.91 Å². The molecule has 0 saturated carbocycles. The van der Waals surface area contributed by atoms with Gasteiger partial charge in [0.25, 0.3) is 0 Å². The molecule has 0 saturated heterocycles. The number of benzene rings is 2. The largest absolute Gasteiger partial charge is 0.456 e. The fourth-order valence-corrected chi connectivity index (χ4v) is 2.28. The van der Waals surface area contributed by atoms with Gasteiger partial charge in [0.1, 0.15) is 11.5 Å². The maximum Gasteiger partial charge on any atom is 0.248 e. The molecule has 0 aliphatic rings. The molecule has 0 aliphatic carbocycles. The number of primary amides is 1. The van der Waals surface area contributed by atoms with E-state index in [-0.39, 0.29) is 5.54 Å². The summed E-state index contributed by atoms with van der Waals surface area (Å²) in [5.74, 6) is 0.605. The van der Waals surface area contributed by atoms with Gasteiger partial charge in [-0.25, -0.2) is 0 Å². The zero-order chi connectivity index (χ0) is 16.3. The summed E-state index contributed by atoms with van der Waals surface area (Å²) < 4.78 is 5.71. The van der Waals surface area contributed by atoms with Gasteiger partial charge in [0.15, 0.2) is 0 Å². The van der Waals surface area contributed by atoms with Gasteiger partial charge in [0.2, 0.25) is 5.91 Å². The van der Waals surface area contributed by atoms with Crippen molar-refractivity contribution in [1.82, 2.24) is 0 Å². The fraction of sp³-hybridized carbons (Fsp3) is 0.235. The first kappa shape index (κ1) is 16.3. The Morgan fingerprint density at radius 3 is 2.32 bits per heavy atom. The van der Waals surface area contributed by atoms with E-state index in [0.717, 1.165) is 12.0 Å². The van der Waals surface area contributed by atoms with Crippen molar-refractivity contribution >= 4 is 17.5 Å². The number of hydrogen-bond donors (Lipinski definition) is 2. The van der Waals surface area contributed by atoms with Crippen molar-refractivity contribution in [2.45, 2.75) is 25.8 Å². The van der Waals surface area contributed by atoms with Gasteiger partial charge in [-0.3, -0.25) is 4.79 Å². The Kier molecular flexibility index (Phi) is 4.74. The normalized spacial score (nSPS) is 11.3. The molecule has 0 bridgehead atoms. The Hall–Kier alpha value is -2.04. The molecule has 0 aliphatic heterocycles. The molecule has 0 aromatic heterocycles. The highest BCUT2D eigenvalue weighted by Crippen LogP contribution is 2.30. The molecule has 0 radical (unpaired) electrons. The molecule has 2 rings (SSSR count). The van der Waals surface area contributed by atoms with Crippen LogP contribution in [0.4, 0.5) is 0 Å². The lowest BCUT2D eigenvalue weighted by Gasteiger charge is -2.18. The lowest BCUT2D eigenvalue weighted by molar-refractivity contribution is 0.100. The second kappa shape index (κ2) is 6.38. The summed E-state index contributed by atoms with van der Waals surface area (Å²) >= 11 is 6.09. The van der Waals surface area contributed by atoms with E-state index >= 15 is 0 Å². The maximum absolute atomic E-state index is 11.1. The lowest BCUT2D eigenvalue weighted by Crippen LogP contribution is -2.34. The first-order valence-electron chi connectivity index (χ1n) is 6.90. The van der Waals surface area contributed by atoms with Gasteiger partial charge < -0.3 is 16.2 Å². The summed E-state index contributed by atoms with van der Waals surface area (Å²) in [6.07, 6.45) is 0.779. The number of hydrogen-bond acceptors (Lipinski definition) is 3. The summed E-state index contributed by atoms with van der Waals surface area (Å²) in [7, 11) is 0. The van der Waals surface area contributed by atoms with Crippen molar-refractivity contribution in [3.63, 3.8) is 0 Å². The van der Waals surface area contributed by atoms with Crippen LogP contribution in [0.1, 0.15) is 29.8 Å². The van der Waals surface area contributed by atoms with E-state index in [1.54, 1.807) is 12.1 Å². The smallest absolute Gasteiger partial charge is 0.248 e. The molecule has 1 amide bonds. The Bertz CT molecular complexity index is 676. The van der Waals surface area contributed by atoms with Gasteiger partial charge in [-0.1, -0.05) is 23.7 Å². The number of rotatable bonds is 5. The van der Waals surface area contributed by atoms with Crippen LogP contribution < -0.4 is 16.2 Å². The van der Waals surface area contributed by atoms with Crippen LogP contribution in [-0.2, 0) is 6.42 Å². The molecule has 0 spiro atoms. The van der Waals surface area contributed by atoms with Crippen LogP contribution in [0, 0.1) is 0 Å². The highest BCUT2D eigenvalue weighted by molar-refractivity contribution is 6.32. The van der Waals surface area contributed by atoms with Crippen LogP contribution >= 0.6 is 11.6 Å². The molecule has 5 heteroatoms. The second-order valence-electron chi connectivity index (χ2n) is 5.92. The molecule has 116 valence electrons. The Balaban J connectivity index is 2.12. The van der Waals surface area contributed by atoms with E-state index in [4.69, 9.17) is 27.8 Å². The fourth-order valence-electron chi connectivity index (χ4n) is 2.07. The van der Waals surface area contributed by atoms with Crippen LogP contribution in [0.5, 0.6) is 11.5 Å². The lowest BCUT2D eigenvalue weighted by atomic mass is 9.96. The van der Waals surface area contributed by atoms with Crippen molar-refractivity contribution < 1.29 is 9.53 Å². The zero-order valence-corrected chi connectivity index (χ0v) is 13.4. The number of ether oxygens (including phenoxy) is 1. The molecular weight excluding hydrogens is 300 g/mol. The van der Waals surface area contributed by atoms with E-state index in [0.29, 0.717) is 22.1 Å². The average molecular weight is 319 g/mol. The monoisotopic (exact) mass is 318 g/mol. The van der Waals surface area contributed by atoms with Crippen molar-refractivity contribution in [2.75, 3.05) is 0 Å². The van der Waals surface area contributed by atoms with Crippen LogP contribution in [-0.4, -0.2) is 11.4 Å². The first-order valence-corrected chi connectivity index (χ1v) is 7.27. The van der Waals surface area contributed by atoms with E-state index in [1.165, 1.54) is 6.07 Å². The summed E-state index contributed by atoms with van der Waals surface area (Å²) in [6.45, 7) is 3.97. The minimum Gasteiger partial charge on any atom is -0.456 e. The van der Waals surface area contributed by atoms with Crippen LogP contribution in [0.25, 0.3) is 0 Å². The van der Waals surface area contributed by atoms with Gasteiger partial charge in [-0.05, 0) is 56.2 Å². The van der Waals surface area contributed by atoms with Gasteiger partial charge >= 0.3 is 0 Å². The molecule has 22 heavy (non-hydrogen) atoms. The third kappa shape index (κ3) is 4.48. The van der Waals surface area contributed by atoms with Crippen molar-refractivity contribution in [1.29, 1.82) is 0 Å². The molecule has 4 nitrogen and oxygen atoms in total. The Morgan fingerprint density at radius 1 is 1.18 bits per heavy atom. The molecular formula is C17H19ClN2O2. The third-order valence-electron chi connectivity index (χ3n) is 3.03.